The van der Waals surface area contributed by atoms with E-state index in [1.807, 2.05) is 17.7 Å². The summed E-state index contributed by atoms with van der Waals surface area (Å²) in [7, 11) is 1.87. The summed E-state index contributed by atoms with van der Waals surface area (Å²) in [4.78, 5) is 15.9. The summed E-state index contributed by atoms with van der Waals surface area (Å²) in [6, 6.07) is 1.94. The van der Waals surface area contributed by atoms with E-state index in [0.29, 0.717) is 18.2 Å². The number of aromatic nitrogens is 4. The Bertz CT molecular complexity index is 594. The summed E-state index contributed by atoms with van der Waals surface area (Å²) in [6.45, 7) is 0. The highest BCUT2D eigenvalue weighted by Gasteiger charge is 2.19. The largest absolute Gasteiger partial charge is 0.337 e. The third kappa shape index (κ3) is 2.74. The summed E-state index contributed by atoms with van der Waals surface area (Å²) in [5, 5.41) is 10.00. The van der Waals surface area contributed by atoms with Gasteiger partial charge in [0, 0.05) is 36.6 Å². The molecule has 1 radical (unpaired) electrons. The Morgan fingerprint density at radius 2 is 2.50 bits per heavy atom. The van der Waals surface area contributed by atoms with Gasteiger partial charge in [-0.05, 0) is 25.7 Å². The highest BCUT2D eigenvalue weighted by Crippen LogP contribution is 2.32. The highest BCUT2D eigenvalue weighted by atomic mass is 16.1. The molecule has 0 bridgehead atoms. The molecule has 6 heteroatoms. The number of hydrogen-bond donors (Lipinski definition) is 2. The lowest BCUT2D eigenvalue weighted by molar-refractivity contribution is -0.115. The van der Waals surface area contributed by atoms with Gasteiger partial charge in [0.2, 0.25) is 5.91 Å². The molecule has 2 aromatic rings. The maximum atomic E-state index is 12.0. The average molecular weight is 272 g/mol. The van der Waals surface area contributed by atoms with Crippen LogP contribution in [0.3, 0.4) is 0 Å². The molecule has 105 valence electrons. The molecule has 0 saturated heterocycles. The van der Waals surface area contributed by atoms with Gasteiger partial charge in [-0.3, -0.25) is 9.89 Å². The fraction of sp³-hybridized carbons (Fsp3) is 0.429. The summed E-state index contributed by atoms with van der Waals surface area (Å²) in [5.74, 6) is 1.04. The van der Waals surface area contributed by atoms with E-state index in [2.05, 4.69) is 26.9 Å². The molecular formula is C14H18N5O. The van der Waals surface area contributed by atoms with Crippen LogP contribution in [-0.2, 0) is 18.3 Å². The van der Waals surface area contributed by atoms with Crippen molar-refractivity contribution in [1.29, 1.82) is 0 Å². The number of anilines is 1. The molecule has 1 amide bonds. The number of carbonyl (C=O) groups excluding carboxylic acids is 1. The Kier molecular flexibility index (Phi) is 3.54. The van der Waals surface area contributed by atoms with Gasteiger partial charge in [0.1, 0.15) is 0 Å². The third-order valence-electron chi connectivity index (χ3n) is 3.73. The molecule has 0 aromatic carbocycles. The first-order valence-corrected chi connectivity index (χ1v) is 6.84. The van der Waals surface area contributed by atoms with E-state index < -0.39 is 0 Å². The van der Waals surface area contributed by atoms with Crippen LogP contribution >= 0.6 is 0 Å². The number of imidazole rings is 1. The van der Waals surface area contributed by atoms with Crippen molar-refractivity contribution in [3.8, 4) is 0 Å². The van der Waals surface area contributed by atoms with E-state index in [-0.39, 0.29) is 5.91 Å². The van der Waals surface area contributed by atoms with Crippen molar-refractivity contribution in [3.05, 3.63) is 36.4 Å². The molecule has 20 heavy (non-hydrogen) atoms. The first kappa shape index (κ1) is 12.9. The second-order valence-electron chi connectivity index (χ2n) is 5.23. The van der Waals surface area contributed by atoms with Gasteiger partial charge >= 0.3 is 0 Å². The molecule has 0 aliphatic heterocycles. The number of H-pyrrole nitrogens is 1. The van der Waals surface area contributed by atoms with Crippen molar-refractivity contribution in [1.82, 2.24) is 19.7 Å². The normalized spacial score (nSPS) is 15.7. The molecule has 1 aliphatic carbocycles. The Morgan fingerprint density at radius 3 is 3.20 bits per heavy atom. The first-order chi connectivity index (χ1) is 9.72. The van der Waals surface area contributed by atoms with Crippen LogP contribution in [0.5, 0.6) is 0 Å². The maximum absolute atomic E-state index is 12.0. The van der Waals surface area contributed by atoms with Crippen LogP contribution in [0, 0.1) is 6.42 Å². The number of hydrogen-bond acceptors (Lipinski definition) is 3. The molecular weight excluding hydrogens is 254 g/mol. The number of rotatable bonds is 4. The lowest BCUT2D eigenvalue weighted by Crippen LogP contribution is -2.16. The minimum atomic E-state index is -0.0790. The van der Waals surface area contributed by atoms with Crippen LogP contribution in [0.15, 0.2) is 18.6 Å². The van der Waals surface area contributed by atoms with Crippen molar-refractivity contribution in [2.45, 2.75) is 31.6 Å². The Hall–Kier alpha value is -2.11. The van der Waals surface area contributed by atoms with Gasteiger partial charge in [0.15, 0.2) is 5.82 Å². The molecule has 2 aromatic heterocycles. The van der Waals surface area contributed by atoms with Gasteiger partial charge in [0.05, 0.1) is 12.7 Å². The van der Waals surface area contributed by atoms with E-state index in [0.717, 1.165) is 30.7 Å². The number of aryl methyl sites for hydroxylation is 1. The quantitative estimate of drug-likeness (QED) is 0.891. The van der Waals surface area contributed by atoms with E-state index in [1.54, 1.807) is 12.5 Å². The van der Waals surface area contributed by atoms with Gasteiger partial charge in [-0.15, -0.1) is 0 Å². The monoisotopic (exact) mass is 272 g/mol. The second kappa shape index (κ2) is 5.48. The summed E-state index contributed by atoms with van der Waals surface area (Å²) in [6.07, 6.45) is 9.39. The number of nitrogens with one attached hydrogen (secondary N) is 2. The zero-order valence-electron chi connectivity index (χ0n) is 11.5. The average Bonchev–Trinajstić information content (AvgIpc) is 3.12. The smallest absolute Gasteiger partial charge is 0.231 e. The summed E-state index contributed by atoms with van der Waals surface area (Å²) in [5.41, 5.74) is 1.98. The van der Waals surface area contributed by atoms with E-state index in [9.17, 15) is 4.79 Å². The fourth-order valence-corrected chi connectivity index (χ4v) is 2.55. The van der Waals surface area contributed by atoms with Crippen molar-refractivity contribution in [2.75, 3.05) is 5.32 Å². The molecule has 6 nitrogen and oxygen atoms in total. The standard InChI is InChI=1S/C14H18N5O/c1-19-9-15-8-11(19)6-14(20)16-13-7-12(17-18-13)10-4-2-3-5-10/h2,7-10H,3-6H2,1H3,(H2,16,17,18,20)/t10-/m0/s1. The van der Waals surface area contributed by atoms with Crippen LogP contribution in [0.25, 0.3) is 0 Å². The number of nitrogens with zero attached hydrogens (tertiary/aromatic N) is 3. The zero-order valence-corrected chi connectivity index (χ0v) is 11.5. The molecule has 1 atom stereocenters. The Labute approximate surface area is 117 Å². The zero-order chi connectivity index (χ0) is 13.9. The highest BCUT2D eigenvalue weighted by molar-refractivity contribution is 5.91. The first-order valence-electron chi connectivity index (χ1n) is 6.84. The van der Waals surface area contributed by atoms with Crippen LogP contribution in [0.4, 0.5) is 5.82 Å². The molecule has 0 unspecified atom stereocenters. The molecule has 2 heterocycles. The molecule has 1 saturated carbocycles. The van der Waals surface area contributed by atoms with Crippen molar-refractivity contribution < 1.29 is 4.79 Å². The van der Waals surface area contributed by atoms with E-state index >= 15 is 0 Å². The maximum Gasteiger partial charge on any atom is 0.231 e. The van der Waals surface area contributed by atoms with E-state index in [4.69, 9.17) is 0 Å². The summed E-state index contributed by atoms with van der Waals surface area (Å²) >= 11 is 0. The Balaban J connectivity index is 1.60. The van der Waals surface area contributed by atoms with Crippen LogP contribution in [0.2, 0.25) is 0 Å². The van der Waals surface area contributed by atoms with Gasteiger partial charge in [-0.2, -0.15) is 5.10 Å². The van der Waals surface area contributed by atoms with Crippen LogP contribution in [0.1, 0.15) is 36.6 Å². The SMILES string of the molecule is Cn1cncc1CC(=O)Nc1cc([C@H]2C[CH]CC2)[nH]n1. The molecule has 1 aliphatic rings. The fourth-order valence-electron chi connectivity index (χ4n) is 2.55. The number of carbonyl (C=O) groups is 1. The molecule has 3 rings (SSSR count). The third-order valence-corrected chi connectivity index (χ3v) is 3.73. The number of aromatic amines is 1. The minimum Gasteiger partial charge on any atom is -0.337 e. The van der Waals surface area contributed by atoms with Crippen molar-refractivity contribution >= 4 is 11.7 Å². The van der Waals surface area contributed by atoms with Gasteiger partial charge in [0.25, 0.3) is 0 Å². The summed E-state index contributed by atoms with van der Waals surface area (Å²) < 4.78 is 1.84. The lowest BCUT2D eigenvalue weighted by Gasteiger charge is -2.04. The van der Waals surface area contributed by atoms with Crippen molar-refractivity contribution in [3.63, 3.8) is 0 Å². The lowest BCUT2D eigenvalue weighted by atomic mass is 10.0. The molecule has 0 spiro atoms. The molecule has 2 N–H and O–H groups in total. The van der Waals surface area contributed by atoms with Crippen molar-refractivity contribution in [2.24, 2.45) is 7.05 Å². The predicted molar refractivity (Wildman–Crippen MR) is 75.0 cm³/mol. The second-order valence-corrected chi connectivity index (χ2v) is 5.23. The molecule has 1 fully saturated rings. The Morgan fingerprint density at radius 1 is 1.60 bits per heavy atom. The van der Waals surface area contributed by atoms with Gasteiger partial charge < -0.3 is 9.88 Å². The van der Waals surface area contributed by atoms with Crippen LogP contribution in [-0.4, -0.2) is 25.7 Å². The minimum absolute atomic E-state index is 0.0790. The topological polar surface area (TPSA) is 75.6 Å². The van der Waals surface area contributed by atoms with Gasteiger partial charge in [-0.1, -0.05) is 0 Å². The number of amides is 1. The van der Waals surface area contributed by atoms with Crippen LogP contribution < -0.4 is 5.32 Å². The van der Waals surface area contributed by atoms with E-state index in [1.165, 1.54) is 0 Å². The predicted octanol–water partition coefficient (Wildman–Crippen LogP) is 1.80. The van der Waals surface area contributed by atoms with Gasteiger partial charge in [-0.25, -0.2) is 4.98 Å².